The van der Waals surface area contributed by atoms with Crippen LogP contribution < -0.4 is 20.5 Å². The van der Waals surface area contributed by atoms with Crippen LogP contribution in [0, 0.1) is 0 Å². The Balaban J connectivity index is 1.19. The number of pyridine rings is 1. The van der Waals surface area contributed by atoms with Crippen LogP contribution in [0.3, 0.4) is 0 Å². The molecule has 5 aromatic rings. The quantitative estimate of drug-likeness (QED) is 0.181. The summed E-state index contributed by atoms with van der Waals surface area (Å²) >= 11 is 0. The van der Waals surface area contributed by atoms with Gasteiger partial charge < -0.3 is 35.1 Å². The highest BCUT2D eigenvalue weighted by molar-refractivity contribution is 5.92. The van der Waals surface area contributed by atoms with Gasteiger partial charge in [0.05, 0.1) is 11.1 Å². The summed E-state index contributed by atoms with van der Waals surface area (Å²) in [5.41, 5.74) is 8.70. The Bertz CT molecular complexity index is 1580. The van der Waals surface area contributed by atoms with E-state index in [0.717, 1.165) is 22.0 Å². The van der Waals surface area contributed by atoms with Gasteiger partial charge in [0.25, 0.3) is 0 Å². The van der Waals surface area contributed by atoms with E-state index >= 15 is 0 Å². The molecular formula is C30H31N5O5. The standard InChI is InChI=1S/C30H31N5O5/c1-30(2,34-17-21(36)18-38-25-8-4-3-6-23(25)24-12-13-39-35-24)14-20-16-33-28-22(20)7-5-9-26(28)40-27-11-10-19(15-32-27)29(31)37/h3-13,15-16,21,33-34,36H,14,17-18H2,1-2H3,(H2,31,37)/t21-/m0/s1. The molecule has 2 aromatic carbocycles. The van der Waals surface area contributed by atoms with Crippen LogP contribution in [0.5, 0.6) is 17.4 Å². The molecule has 0 aliphatic carbocycles. The highest BCUT2D eigenvalue weighted by Gasteiger charge is 2.22. The SMILES string of the molecule is CC(C)(Cc1c[nH]c2c(Oc3ccc(C(N)=O)cn3)cccc12)NC[C@H](O)COc1ccccc1-c1ccon1. The summed E-state index contributed by atoms with van der Waals surface area (Å²) in [7, 11) is 0. The summed E-state index contributed by atoms with van der Waals surface area (Å²) in [5.74, 6) is 1.06. The average Bonchev–Trinajstić information content (AvgIpc) is 3.62. The lowest BCUT2D eigenvalue weighted by molar-refractivity contribution is 0.0991. The number of nitrogens with two attached hydrogens (primary N) is 1. The van der Waals surface area contributed by atoms with Crippen molar-refractivity contribution in [2.24, 2.45) is 5.73 Å². The van der Waals surface area contributed by atoms with Gasteiger partial charge in [0.1, 0.15) is 30.4 Å². The number of nitrogens with zero attached hydrogens (tertiary/aromatic N) is 2. The number of aromatic nitrogens is 3. The first kappa shape index (κ1) is 26.9. The minimum Gasteiger partial charge on any atom is -0.490 e. The summed E-state index contributed by atoms with van der Waals surface area (Å²) in [4.78, 5) is 18.8. The summed E-state index contributed by atoms with van der Waals surface area (Å²) < 4.78 is 16.8. The smallest absolute Gasteiger partial charge is 0.250 e. The molecule has 3 heterocycles. The number of hydrogen-bond donors (Lipinski definition) is 4. The molecule has 1 amide bonds. The minimum absolute atomic E-state index is 0.125. The monoisotopic (exact) mass is 541 g/mol. The molecule has 10 heteroatoms. The van der Waals surface area contributed by atoms with Crippen molar-refractivity contribution < 1.29 is 23.9 Å². The lowest BCUT2D eigenvalue weighted by atomic mass is 9.94. The number of amides is 1. The van der Waals surface area contributed by atoms with Gasteiger partial charge in [-0.15, -0.1) is 0 Å². The van der Waals surface area contributed by atoms with Gasteiger partial charge >= 0.3 is 0 Å². The third kappa shape index (κ3) is 6.31. The van der Waals surface area contributed by atoms with Gasteiger partial charge in [-0.1, -0.05) is 29.4 Å². The average molecular weight is 542 g/mol. The highest BCUT2D eigenvalue weighted by Crippen LogP contribution is 2.32. The van der Waals surface area contributed by atoms with Crippen LogP contribution in [0.25, 0.3) is 22.2 Å². The maximum Gasteiger partial charge on any atom is 0.250 e. The van der Waals surface area contributed by atoms with E-state index in [0.29, 0.717) is 41.6 Å². The highest BCUT2D eigenvalue weighted by atomic mass is 16.5. The van der Waals surface area contributed by atoms with Crippen LogP contribution in [0.1, 0.15) is 29.8 Å². The van der Waals surface area contributed by atoms with Crippen LogP contribution in [0.4, 0.5) is 0 Å². The van der Waals surface area contributed by atoms with Gasteiger partial charge in [-0.2, -0.15) is 0 Å². The van der Waals surface area contributed by atoms with E-state index in [9.17, 15) is 9.90 Å². The van der Waals surface area contributed by atoms with E-state index in [4.69, 9.17) is 19.7 Å². The summed E-state index contributed by atoms with van der Waals surface area (Å²) in [6, 6.07) is 18.3. The topological polar surface area (TPSA) is 149 Å². The van der Waals surface area contributed by atoms with Crippen molar-refractivity contribution in [1.29, 1.82) is 0 Å². The van der Waals surface area contributed by atoms with E-state index in [-0.39, 0.29) is 12.1 Å². The van der Waals surface area contributed by atoms with E-state index in [2.05, 4.69) is 34.3 Å². The number of para-hydroxylation sites is 2. The first-order valence-electron chi connectivity index (χ1n) is 12.9. The van der Waals surface area contributed by atoms with E-state index in [1.54, 1.807) is 18.2 Å². The second kappa shape index (κ2) is 11.6. The molecule has 0 radical (unpaired) electrons. The Morgan fingerprint density at radius 2 is 1.95 bits per heavy atom. The van der Waals surface area contributed by atoms with Gasteiger partial charge in [-0.05, 0) is 50.1 Å². The molecule has 0 aliphatic heterocycles. The number of ether oxygens (including phenoxy) is 2. The molecule has 3 aromatic heterocycles. The minimum atomic E-state index is -0.721. The number of rotatable bonds is 12. The molecule has 0 spiro atoms. The Labute approximate surface area is 231 Å². The van der Waals surface area contributed by atoms with E-state index < -0.39 is 12.0 Å². The first-order chi connectivity index (χ1) is 19.3. The largest absolute Gasteiger partial charge is 0.490 e. The second-order valence-electron chi connectivity index (χ2n) is 10.1. The molecule has 5 rings (SSSR count). The number of aromatic amines is 1. The first-order valence-corrected chi connectivity index (χ1v) is 12.9. The fourth-order valence-corrected chi connectivity index (χ4v) is 4.45. The van der Waals surface area contributed by atoms with Gasteiger partial charge in [0.2, 0.25) is 11.8 Å². The van der Waals surface area contributed by atoms with Crippen LogP contribution in [-0.2, 0) is 6.42 Å². The Hall–Kier alpha value is -4.67. The third-order valence-corrected chi connectivity index (χ3v) is 6.48. The predicted molar refractivity (Wildman–Crippen MR) is 150 cm³/mol. The fraction of sp³-hybridized carbons (Fsp3) is 0.233. The Morgan fingerprint density at radius 1 is 1.12 bits per heavy atom. The number of nitrogens with one attached hydrogen (secondary N) is 2. The number of fused-ring (bicyclic) bond motifs is 1. The van der Waals surface area contributed by atoms with Crippen molar-refractivity contribution in [2.45, 2.75) is 31.9 Å². The number of aliphatic hydroxyl groups excluding tert-OH is 1. The van der Waals surface area contributed by atoms with E-state index in [1.165, 1.54) is 12.5 Å². The predicted octanol–water partition coefficient (Wildman–Crippen LogP) is 4.46. The van der Waals surface area contributed by atoms with Crippen LogP contribution >= 0.6 is 0 Å². The zero-order chi connectivity index (χ0) is 28.1. The Morgan fingerprint density at radius 3 is 2.70 bits per heavy atom. The number of aliphatic hydroxyl groups is 1. The Kier molecular flexibility index (Phi) is 7.81. The molecule has 0 unspecified atom stereocenters. The maximum atomic E-state index is 11.3. The number of benzene rings is 2. The van der Waals surface area contributed by atoms with E-state index in [1.807, 2.05) is 48.7 Å². The molecule has 5 N–H and O–H groups in total. The van der Waals surface area contributed by atoms with Crippen molar-refractivity contribution in [1.82, 2.24) is 20.4 Å². The van der Waals surface area contributed by atoms with Gasteiger partial charge in [-0.3, -0.25) is 4.79 Å². The van der Waals surface area contributed by atoms with Crippen LogP contribution in [0.2, 0.25) is 0 Å². The van der Waals surface area contributed by atoms with Crippen molar-refractivity contribution in [3.05, 3.63) is 90.4 Å². The number of β-amino-alcohol motifs (C(OH)–C–C–N with tert-alkyl or cyclic N) is 1. The lowest BCUT2D eigenvalue weighted by Crippen LogP contribution is -2.46. The number of H-pyrrole nitrogens is 1. The molecular weight excluding hydrogens is 510 g/mol. The molecule has 0 saturated carbocycles. The molecule has 0 fully saturated rings. The molecule has 0 saturated heterocycles. The summed E-state index contributed by atoms with van der Waals surface area (Å²) in [6.07, 6.45) is 4.84. The zero-order valence-electron chi connectivity index (χ0n) is 22.3. The molecule has 1 atom stereocenters. The molecule has 206 valence electrons. The van der Waals surface area contributed by atoms with Crippen LogP contribution in [-0.4, -0.2) is 50.9 Å². The number of primary amides is 1. The molecule has 0 bridgehead atoms. The number of carbonyl (C=O) groups is 1. The van der Waals surface area contributed by atoms with Crippen LogP contribution in [0.15, 0.2) is 83.8 Å². The van der Waals surface area contributed by atoms with Crippen molar-refractivity contribution in [3.8, 4) is 28.6 Å². The summed E-state index contributed by atoms with van der Waals surface area (Å²) in [5, 5.41) is 19.1. The second-order valence-corrected chi connectivity index (χ2v) is 10.1. The van der Waals surface area contributed by atoms with Crippen molar-refractivity contribution in [3.63, 3.8) is 0 Å². The number of hydrogen-bond acceptors (Lipinski definition) is 8. The molecule has 10 nitrogen and oxygen atoms in total. The summed E-state index contributed by atoms with van der Waals surface area (Å²) in [6.45, 7) is 4.65. The van der Waals surface area contributed by atoms with Gasteiger partial charge in [-0.25, -0.2) is 4.98 Å². The molecule has 0 aliphatic rings. The third-order valence-electron chi connectivity index (χ3n) is 6.48. The van der Waals surface area contributed by atoms with Crippen molar-refractivity contribution in [2.75, 3.05) is 13.2 Å². The van der Waals surface area contributed by atoms with Gasteiger partial charge in [0.15, 0.2) is 5.75 Å². The molecule has 40 heavy (non-hydrogen) atoms. The number of carbonyl (C=O) groups excluding carboxylic acids is 1. The normalized spacial score (nSPS) is 12.4. The van der Waals surface area contributed by atoms with Crippen molar-refractivity contribution >= 4 is 16.8 Å². The maximum absolute atomic E-state index is 11.3. The fourth-order valence-electron chi connectivity index (χ4n) is 4.45. The zero-order valence-corrected chi connectivity index (χ0v) is 22.3. The lowest BCUT2D eigenvalue weighted by Gasteiger charge is -2.28. The van der Waals surface area contributed by atoms with Gasteiger partial charge in [0, 0.05) is 47.6 Å².